The zero-order valence-corrected chi connectivity index (χ0v) is 21.4. The van der Waals surface area contributed by atoms with E-state index in [0.717, 1.165) is 24.3 Å². The van der Waals surface area contributed by atoms with Crippen LogP contribution in [0.2, 0.25) is 0 Å². The molecule has 0 saturated carbocycles. The molecule has 3 aromatic rings. The van der Waals surface area contributed by atoms with Crippen LogP contribution in [0.4, 0.5) is 0 Å². The van der Waals surface area contributed by atoms with Crippen LogP contribution in [-0.4, -0.2) is 120 Å². The van der Waals surface area contributed by atoms with Gasteiger partial charge in [-0.25, -0.2) is 0 Å². The zero-order chi connectivity index (χ0) is 30.5. The van der Waals surface area contributed by atoms with Crippen molar-refractivity contribution >= 4 is 11.0 Å². The van der Waals surface area contributed by atoms with E-state index in [-0.39, 0.29) is 23.5 Å². The Morgan fingerprint density at radius 3 is 2.21 bits per heavy atom. The van der Waals surface area contributed by atoms with Crippen LogP contribution in [0.3, 0.4) is 0 Å². The second kappa shape index (κ2) is 11.5. The van der Waals surface area contributed by atoms with Gasteiger partial charge < -0.3 is 74.4 Å². The van der Waals surface area contributed by atoms with Gasteiger partial charge in [0.05, 0.1) is 13.2 Å². The Balaban J connectivity index is 1.39. The first-order valence-corrected chi connectivity index (χ1v) is 12.6. The molecule has 3 heterocycles. The highest BCUT2D eigenvalue weighted by Gasteiger charge is 2.46. The molecule has 2 fully saturated rings. The van der Waals surface area contributed by atoms with Crippen molar-refractivity contribution < 1.29 is 74.4 Å². The number of aliphatic hydroxyl groups is 6. The van der Waals surface area contributed by atoms with Crippen molar-refractivity contribution in [2.75, 3.05) is 13.2 Å². The fourth-order valence-electron chi connectivity index (χ4n) is 4.59. The predicted molar refractivity (Wildman–Crippen MR) is 136 cm³/mol. The molecule has 10 N–H and O–H groups in total. The fraction of sp³-hybridized carbons (Fsp3) is 0.423. The molecule has 2 aliphatic heterocycles. The zero-order valence-electron chi connectivity index (χ0n) is 21.4. The van der Waals surface area contributed by atoms with Gasteiger partial charge in [-0.1, -0.05) is 0 Å². The van der Waals surface area contributed by atoms with Crippen LogP contribution in [0.5, 0.6) is 28.7 Å². The molecule has 0 radical (unpaired) electrons. The smallest absolute Gasteiger partial charge is 0.238 e. The van der Waals surface area contributed by atoms with Gasteiger partial charge in [0.2, 0.25) is 17.5 Å². The summed E-state index contributed by atoms with van der Waals surface area (Å²) >= 11 is 0. The van der Waals surface area contributed by atoms with E-state index in [1.165, 1.54) is 6.07 Å². The summed E-state index contributed by atoms with van der Waals surface area (Å²) in [7, 11) is 0. The minimum absolute atomic E-state index is 0.00712. The Hall–Kier alpha value is -3.71. The van der Waals surface area contributed by atoms with Crippen LogP contribution in [0.1, 0.15) is 0 Å². The molecule has 228 valence electrons. The summed E-state index contributed by atoms with van der Waals surface area (Å²) in [5, 5.41) is 101. The van der Waals surface area contributed by atoms with Gasteiger partial charge in [0, 0.05) is 17.7 Å². The Labute approximate surface area is 235 Å². The van der Waals surface area contributed by atoms with Crippen LogP contribution >= 0.6 is 0 Å². The summed E-state index contributed by atoms with van der Waals surface area (Å²) in [5.41, 5.74) is -1.32. The van der Waals surface area contributed by atoms with Crippen molar-refractivity contribution in [2.45, 2.75) is 55.3 Å². The van der Waals surface area contributed by atoms with E-state index in [4.69, 9.17) is 23.4 Å². The van der Waals surface area contributed by atoms with Crippen molar-refractivity contribution in [3.63, 3.8) is 0 Å². The SMILES string of the molecule is O=c1c(O)c(-c2ccc(O)c(O)c2)oc2cc(O[C@@H]3O[C@H](CO[C@H]4OC[C@H](O)[C@H](O)[C@H]4O)[C@@H](O)[C@H](O)[C@H]3O)cc(O)c12. The van der Waals surface area contributed by atoms with E-state index in [1.807, 2.05) is 0 Å². The first-order valence-electron chi connectivity index (χ1n) is 12.6. The molecule has 1 aromatic heterocycles. The monoisotopic (exact) mass is 596 g/mol. The molecule has 16 heteroatoms. The normalized spacial score (nSPS) is 31.7. The molecule has 16 nitrogen and oxygen atoms in total. The van der Waals surface area contributed by atoms with Gasteiger partial charge in [0.25, 0.3) is 0 Å². The molecule has 0 spiro atoms. The molecule has 2 saturated heterocycles. The minimum Gasteiger partial charge on any atom is -0.507 e. The molecular formula is C26H28O16. The lowest BCUT2D eigenvalue weighted by Gasteiger charge is -2.41. The van der Waals surface area contributed by atoms with E-state index < -0.39 is 101 Å². The molecule has 0 aliphatic carbocycles. The lowest BCUT2D eigenvalue weighted by Crippen LogP contribution is -2.61. The Kier molecular flexibility index (Phi) is 8.17. The van der Waals surface area contributed by atoms with Crippen LogP contribution in [0.25, 0.3) is 22.3 Å². The third-order valence-electron chi connectivity index (χ3n) is 6.96. The van der Waals surface area contributed by atoms with Gasteiger partial charge in [0.1, 0.15) is 65.2 Å². The second-order valence-corrected chi connectivity index (χ2v) is 9.84. The summed E-state index contributed by atoms with van der Waals surface area (Å²) in [6.07, 6.45) is -14.4. The van der Waals surface area contributed by atoms with E-state index >= 15 is 0 Å². The lowest BCUT2D eigenvalue weighted by molar-refractivity contribution is -0.307. The quantitative estimate of drug-likeness (QED) is 0.137. The molecule has 9 atom stereocenters. The van der Waals surface area contributed by atoms with E-state index in [0.29, 0.717) is 0 Å². The molecular weight excluding hydrogens is 568 g/mol. The maximum absolute atomic E-state index is 12.8. The van der Waals surface area contributed by atoms with E-state index in [2.05, 4.69) is 0 Å². The van der Waals surface area contributed by atoms with E-state index in [9.17, 15) is 55.9 Å². The third kappa shape index (κ3) is 5.42. The highest BCUT2D eigenvalue weighted by Crippen LogP contribution is 2.38. The van der Waals surface area contributed by atoms with E-state index in [1.54, 1.807) is 0 Å². The average Bonchev–Trinajstić information content (AvgIpc) is 2.95. The summed E-state index contributed by atoms with van der Waals surface area (Å²) in [4.78, 5) is 12.8. The number of aromatic hydroxyl groups is 4. The average molecular weight is 596 g/mol. The largest absolute Gasteiger partial charge is 0.507 e. The Morgan fingerprint density at radius 2 is 1.50 bits per heavy atom. The van der Waals surface area contributed by atoms with Gasteiger partial charge in [0.15, 0.2) is 23.5 Å². The Morgan fingerprint density at radius 1 is 0.786 bits per heavy atom. The highest BCUT2D eigenvalue weighted by atomic mass is 16.7. The maximum atomic E-state index is 12.8. The number of phenolic OH excluding ortho intramolecular Hbond substituents is 3. The summed E-state index contributed by atoms with van der Waals surface area (Å²) in [6, 6.07) is 5.43. The predicted octanol–water partition coefficient (Wildman–Crippen LogP) is -2.08. The van der Waals surface area contributed by atoms with Crippen molar-refractivity contribution in [1.82, 2.24) is 0 Å². The number of rotatable bonds is 6. The summed E-state index contributed by atoms with van der Waals surface area (Å²) < 4.78 is 27.2. The van der Waals surface area contributed by atoms with Gasteiger partial charge in [-0.2, -0.15) is 0 Å². The topological polar surface area (TPSA) is 269 Å². The lowest BCUT2D eigenvalue weighted by atomic mass is 9.99. The molecule has 0 unspecified atom stereocenters. The number of benzene rings is 2. The number of hydrogen-bond acceptors (Lipinski definition) is 16. The van der Waals surface area contributed by atoms with Crippen LogP contribution in [0, 0.1) is 0 Å². The first-order chi connectivity index (χ1) is 19.9. The van der Waals surface area contributed by atoms with Gasteiger partial charge in [-0.3, -0.25) is 4.79 Å². The molecule has 2 aliphatic rings. The molecule has 0 bridgehead atoms. The number of phenols is 3. The first kappa shape index (κ1) is 29.8. The molecule has 0 amide bonds. The van der Waals surface area contributed by atoms with Crippen molar-refractivity contribution in [3.8, 4) is 40.1 Å². The van der Waals surface area contributed by atoms with Crippen LogP contribution < -0.4 is 10.2 Å². The molecule has 5 rings (SSSR count). The number of hydrogen-bond donors (Lipinski definition) is 10. The second-order valence-electron chi connectivity index (χ2n) is 9.84. The maximum Gasteiger partial charge on any atom is 0.238 e. The fourth-order valence-corrected chi connectivity index (χ4v) is 4.59. The standard InChI is InChI=1S/C26H28O16/c27-10-2-1-8(3-11(10)28)24-21(35)19(33)16-12(29)4-9(5-14(16)41-24)40-26-23(37)20(34)18(32)15(42-26)7-39-25-22(36)17(31)13(30)6-38-25/h1-5,13,15,17-18,20,22-23,25-32,34-37H,6-7H2/t13-,15+,17-,18+,20-,22+,23+,25+,26+/m0/s1. The molecule has 42 heavy (non-hydrogen) atoms. The van der Waals surface area contributed by atoms with Gasteiger partial charge >= 0.3 is 0 Å². The molecule has 2 aromatic carbocycles. The number of fused-ring (bicyclic) bond motifs is 1. The summed E-state index contributed by atoms with van der Waals surface area (Å²) in [6.45, 7) is -0.881. The summed E-state index contributed by atoms with van der Waals surface area (Å²) in [5.74, 6) is -3.26. The van der Waals surface area contributed by atoms with Crippen molar-refractivity contribution in [2.24, 2.45) is 0 Å². The number of aliphatic hydroxyl groups excluding tert-OH is 6. The number of ether oxygens (including phenoxy) is 4. The highest BCUT2D eigenvalue weighted by molar-refractivity contribution is 5.88. The minimum atomic E-state index is -1.83. The van der Waals surface area contributed by atoms with Gasteiger partial charge in [-0.05, 0) is 18.2 Å². The Bertz CT molecular complexity index is 1510. The van der Waals surface area contributed by atoms with Crippen LogP contribution in [0.15, 0.2) is 39.5 Å². The van der Waals surface area contributed by atoms with Crippen molar-refractivity contribution in [3.05, 3.63) is 40.6 Å². The third-order valence-corrected chi connectivity index (χ3v) is 6.96. The van der Waals surface area contributed by atoms with Gasteiger partial charge in [-0.15, -0.1) is 0 Å². The van der Waals surface area contributed by atoms with Crippen LogP contribution in [-0.2, 0) is 14.2 Å². The van der Waals surface area contributed by atoms with Crippen molar-refractivity contribution in [1.29, 1.82) is 0 Å².